The maximum absolute atomic E-state index is 13.1. The lowest BCUT2D eigenvalue weighted by atomic mass is 9.76. The summed E-state index contributed by atoms with van der Waals surface area (Å²) in [6, 6.07) is 6.53. The maximum atomic E-state index is 13.1. The van der Waals surface area contributed by atoms with E-state index in [0.717, 1.165) is 31.2 Å². The topological polar surface area (TPSA) is 77.9 Å². The predicted molar refractivity (Wildman–Crippen MR) is 99.2 cm³/mol. The fourth-order valence-electron chi connectivity index (χ4n) is 4.61. The van der Waals surface area contributed by atoms with Gasteiger partial charge in [0.2, 0.25) is 5.91 Å². The Balaban J connectivity index is 1.51. The predicted octanol–water partition coefficient (Wildman–Crippen LogP) is 2.31. The lowest BCUT2D eigenvalue weighted by Crippen LogP contribution is -2.45. The van der Waals surface area contributed by atoms with Gasteiger partial charge in [-0.15, -0.1) is 0 Å². The average Bonchev–Trinajstić information content (AvgIpc) is 3.44. The molecule has 2 heterocycles. The van der Waals surface area contributed by atoms with E-state index in [9.17, 15) is 19.5 Å². The summed E-state index contributed by atoms with van der Waals surface area (Å²) in [5.74, 6) is -0.668. The van der Waals surface area contributed by atoms with Gasteiger partial charge < -0.3 is 14.9 Å². The van der Waals surface area contributed by atoms with Crippen LogP contribution in [0.1, 0.15) is 48.0 Å². The molecule has 1 aromatic carbocycles. The number of hydrogen-bond donors (Lipinski definition) is 1. The van der Waals surface area contributed by atoms with Crippen molar-refractivity contribution in [3.8, 4) is 0 Å². The molecule has 4 rings (SSSR count). The van der Waals surface area contributed by atoms with E-state index in [0.29, 0.717) is 31.6 Å². The molecule has 1 atom stereocenters. The van der Waals surface area contributed by atoms with Gasteiger partial charge in [0, 0.05) is 31.1 Å². The van der Waals surface area contributed by atoms with Crippen LogP contribution in [0.3, 0.4) is 0 Å². The Labute approximate surface area is 159 Å². The fraction of sp³-hybridized carbons (Fsp3) is 0.571. The van der Waals surface area contributed by atoms with Gasteiger partial charge in [-0.3, -0.25) is 9.59 Å². The zero-order chi connectivity index (χ0) is 19.2. The normalized spacial score (nSPS) is 24.3. The third-order valence-corrected chi connectivity index (χ3v) is 6.49. The molecule has 0 radical (unpaired) electrons. The molecule has 1 aromatic rings. The SMILES string of the molecule is Cc1ccccc1C(=O)N1CC2(CCN(C(=O)C3CC3)CC2)CC1C(=O)O. The minimum Gasteiger partial charge on any atom is -0.480 e. The number of rotatable bonds is 3. The van der Waals surface area contributed by atoms with Crippen molar-refractivity contribution < 1.29 is 19.5 Å². The summed E-state index contributed by atoms with van der Waals surface area (Å²) in [6.45, 7) is 3.68. The molecule has 2 amide bonds. The molecule has 0 bridgehead atoms. The van der Waals surface area contributed by atoms with Crippen LogP contribution in [0.15, 0.2) is 24.3 Å². The van der Waals surface area contributed by atoms with Gasteiger partial charge in [0.1, 0.15) is 6.04 Å². The Morgan fingerprint density at radius 2 is 1.78 bits per heavy atom. The zero-order valence-electron chi connectivity index (χ0n) is 15.7. The van der Waals surface area contributed by atoms with E-state index in [1.54, 1.807) is 11.0 Å². The summed E-state index contributed by atoms with van der Waals surface area (Å²) in [5, 5.41) is 9.73. The number of aryl methyl sites for hydroxylation is 1. The molecular formula is C21H26N2O4. The number of amides is 2. The molecule has 1 aliphatic carbocycles. The highest BCUT2D eigenvalue weighted by Gasteiger charge is 2.50. The summed E-state index contributed by atoms with van der Waals surface area (Å²) in [5.41, 5.74) is 1.24. The average molecular weight is 370 g/mol. The molecule has 0 aromatic heterocycles. The summed E-state index contributed by atoms with van der Waals surface area (Å²) >= 11 is 0. The van der Waals surface area contributed by atoms with Crippen molar-refractivity contribution in [2.24, 2.45) is 11.3 Å². The highest BCUT2D eigenvalue weighted by Crippen LogP contribution is 2.45. The standard InChI is InChI=1S/C21H26N2O4/c1-14-4-2-3-5-16(14)19(25)23-13-21(12-17(23)20(26)27)8-10-22(11-9-21)18(24)15-6-7-15/h2-5,15,17H,6-13H2,1H3,(H,26,27). The summed E-state index contributed by atoms with van der Waals surface area (Å²) in [4.78, 5) is 40.7. The number of hydrogen-bond acceptors (Lipinski definition) is 3. The van der Waals surface area contributed by atoms with Crippen LogP contribution in [-0.2, 0) is 9.59 Å². The van der Waals surface area contributed by atoms with Crippen LogP contribution in [0.5, 0.6) is 0 Å². The second-order valence-corrected chi connectivity index (χ2v) is 8.41. The van der Waals surface area contributed by atoms with Crippen LogP contribution in [0.25, 0.3) is 0 Å². The number of piperidine rings is 1. The van der Waals surface area contributed by atoms with Gasteiger partial charge in [0.15, 0.2) is 0 Å². The molecule has 1 spiro atoms. The van der Waals surface area contributed by atoms with Gasteiger partial charge in [0.25, 0.3) is 5.91 Å². The number of carbonyl (C=O) groups is 3. The number of likely N-dealkylation sites (tertiary alicyclic amines) is 2. The number of carboxylic acids is 1. The monoisotopic (exact) mass is 370 g/mol. The van der Waals surface area contributed by atoms with Gasteiger partial charge in [-0.1, -0.05) is 18.2 Å². The van der Waals surface area contributed by atoms with Crippen LogP contribution in [0, 0.1) is 18.3 Å². The number of benzene rings is 1. The second kappa shape index (κ2) is 6.66. The van der Waals surface area contributed by atoms with Crippen LogP contribution >= 0.6 is 0 Å². The highest BCUT2D eigenvalue weighted by atomic mass is 16.4. The first kappa shape index (κ1) is 18.0. The smallest absolute Gasteiger partial charge is 0.326 e. The van der Waals surface area contributed by atoms with Gasteiger partial charge in [-0.25, -0.2) is 4.79 Å². The van der Waals surface area contributed by atoms with E-state index in [4.69, 9.17) is 0 Å². The van der Waals surface area contributed by atoms with Crippen molar-refractivity contribution in [2.75, 3.05) is 19.6 Å². The lowest BCUT2D eigenvalue weighted by Gasteiger charge is -2.39. The number of carbonyl (C=O) groups excluding carboxylic acids is 2. The van der Waals surface area contributed by atoms with Crippen LogP contribution in [-0.4, -0.2) is 58.4 Å². The first-order valence-corrected chi connectivity index (χ1v) is 9.78. The van der Waals surface area contributed by atoms with Gasteiger partial charge in [-0.2, -0.15) is 0 Å². The minimum absolute atomic E-state index is 0.193. The first-order chi connectivity index (χ1) is 12.9. The second-order valence-electron chi connectivity index (χ2n) is 8.41. The Kier molecular flexibility index (Phi) is 4.44. The molecule has 3 aliphatic rings. The van der Waals surface area contributed by atoms with E-state index in [1.807, 2.05) is 30.0 Å². The molecule has 2 saturated heterocycles. The maximum Gasteiger partial charge on any atom is 0.326 e. The van der Waals surface area contributed by atoms with E-state index in [-0.39, 0.29) is 23.1 Å². The van der Waals surface area contributed by atoms with E-state index in [2.05, 4.69) is 0 Å². The molecule has 6 nitrogen and oxygen atoms in total. The number of aliphatic carboxylic acids is 1. The molecule has 1 unspecified atom stereocenters. The van der Waals surface area contributed by atoms with Crippen molar-refractivity contribution in [3.05, 3.63) is 35.4 Å². The molecule has 1 N–H and O–H groups in total. The van der Waals surface area contributed by atoms with Crippen LogP contribution < -0.4 is 0 Å². The molecule has 1 saturated carbocycles. The summed E-state index contributed by atoms with van der Waals surface area (Å²) in [7, 11) is 0. The molecule has 2 aliphatic heterocycles. The lowest BCUT2D eigenvalue weighted by molar-refractivity contribution is -0.141. The van der Waals surface area contributed by atoms with Crippen molar-refractivity contribution in [1.82, 2.24) is 9.80 Å². The van der Waals surface area contributed by atoms with Crippen molar-refractivity contribution in [3.63, 3.8) is 0 Å². The van der Waals surface area contributed by atoms with E-state index < -0.39 is 12.0 Å². The highest BCUT2D eigenvalue weighted by molar-refractivity contribution is 5.98. The van der Waals surface area contributed by atoms with Crippen molar-refractivity contribution in [2.45, 2.75) is 45.1 Å². The zero-order valence-corrected chi connectivity index (χ0v) is 15.7. The Bertz CT molecular complexity index is 778. The number of carboxylic acid groups (broad SMARTS) is 1. The van der Waals surface area contributed by atoms with Gasteiger partial charge in [0.05, 0.1) is 0 Å². The van der Waals surface area contributed by atoms with Crippen molar-refractivity contribution in [1.29, 1.82) is 0 Å². The van der Waals surface area contributed by atoms with Crippen LogP contribution in [0.4, 0.5) is 0 Å². The van der Waals surface area contributed by atoms with Gasteiger partial charge in [-0.05, 0) is 56.1 Å². The molecule has 27 heavy (non-hydrogen) atoms. The first-order valence-electron chi connectivity index (χ1n) is 9.78. The third-order valence-electron chi connectivity index (χ3n) is 6.49. The Hall–Kier alpha value is -2.37. The largest absolute Gasteiger partial charge is 0.480 e. The van der Waals surface area contributed by atoms with E-state index in [1.165, 1.54) is 0 Å². The third kappa shape index (κ3) is 3.33. The molecule has 144 valence electrons. The summed E-state index contributed by atoms with van der Waals surface area (Å²) in [6.07, 6.45) is 4.02. The quantitative estimate of drug-likeness (QED) is 0.886. The number of nitrogens with zero attached hydrogens (tertiary/aromatic N) is 2. The Morgan fingerprint density at radius 1 is 1.11 bits per heavy atom. The Morgan fingerprint density at radius 3 is 2.37 bits per heavy atom. The van der Waals surface area contributed by atoms with Gasteiger partial charge >= 0.3 is 5.97 Å². The molecular weight excluding hydrogens is 344 g/mol. The van der Waals surface area contributed by atoms with Crippen molar-refractivity contribution >= 4 is 17.8 Å². The molecule has 3 fully saturated rings. The fourth-order valence-corrected chi connectivity index (χ4v) is 4.61. The summed E-state index contributed by atoms with van der Waals surface area (Å²) < 4.78 is 0. The molecule has 6 heteroatoms. The van der Waals surface area contributed by atoms with E-state index >= 15 is 0 Å². The van der Waals surface area contributed by atoms with Crippen LogP contribution in [0.2, 0.25) is 0 Å². The minimum atomic E-state index is -0.940.